The van der Waals surface area contributed by atoms with Crippen LogP contribution < -0.4 is 0 Å². The van der Waals surface area contributed by atoms with E-state index >= 15 is 0 Å². The number of aliphatic hydroxyl groups is 1. The smallest absolute Gasteiger partial charge is 0.303 e. The molecule has 0 aromatic carbocycles. The number of aliphatic carboxylic acids is 1. The maximum absolute atomic E-state index is 10.3. The van der Waals surface area contributed by atoms with Gasteiger partial charge < -0.3 is 10.2 Å². The average molecular weight is 344 g/mol. The largest absolute Gasteiger partial charge is 0.481 e. The van der Waals surface area contributed by atoms with Crippen molar-refractivity contribution in [2.45, 2.75) is 58.0 Å². The van der Waals surface area contributed by atoms with Gasteiger partial charge in [-0.1, -0.05) is 79.8 Å². The van der Waals surface area contributed by atoms with E-state index in [1.54, 1.807) is 6.08 Å². The highest BCUT2D eigenvalue weighted by Gasteiger charge is 1.92. The van der Waals surface area contributed by atoms with Crippen LogP contribution in [0.2, 0.25) is 0 Å². The lowest BCUT2D eigenvalue weighted by atomic mass is 10.2. The first-order valence-corrected chi connectivity index (χ1v) is 9.00. The summed E-state index contributed by atoms with van der Waals surface area (Å²) in [5, 5.41) is 18.3. The Balaban J connectivity index is 3.71. The number of hydrogen-bond acceptors (Lipinski definition) is 2. The molecule has 0 radical (unpaired) electrons. The summed E-state index contributed by atoms with van der Waals surface area (Å²) in [7, 11) is 0. The molecule has 0 aliphatic carbocycles. The lowest BCUT2D eigenvalue weighted by Crippen LogP contribution is -1.98. The summed E-state index contributed by atoms with van der Waals surface area (Å²) in [6.45, 7) is 2.11. The SMILES string of the molecule is CC/C=C\C/C=C\C[C@H](O)/C=C/C=C\C/C=C\C/C=C\CCC(=O)O. The molecule has 0 heterocycles. The van der Waals surface area contributed by atoms with Gasteiger partial charge in [-0.15, -0.1) is 0 Å². The topological polar surface area (TPSA) is 57.5 Å². The van der Waals surface area contributed by atoms with E-state index in [2.05, 4.69) is 37.3 Å². The van der Waals surface area contributed by atoms with Crippen molar-refractivity contribution >= 4 is 5.97 Å². The predicted molar refractivity (Wildman–Crippen MR) is 106 cm³/mol. The second-order valence-corrected chi connectivity index (χ2v) is 5.55. The normalized spacial score (nSPS) is 14.3. The van der Waals surface area contributed by atoms with Crippen molar-refractivity contribution < 1.29 is 15.0 Å². The second kappa shape index (κ2) is 18.2. The van der Waals surface area contributed by atoms with Crippen molar-refractivity contribution in [3.63, 3.8) is 0 Å². The molecule has 0 aliphatic heterocycles. The van der Waals surface area contributed by atoms with Crippen LogP contribution >= 0.6 is 0 Å². The highest BCUT2D eigenvalue weighted by Crippen LogP contribution is 1.99. The molecule has 0 rings (SSSR count). The third kappa shape index (κ3) is 19.8. The average Bonchev–Trinajstić information content (AvgIpc) is 2.58. The molecule has 0 saturated carbocycles. The maximum atomic E-state index is 10.3. The molecule has 0 amide bonds. The minimum absolute atomic E-state index is 0.187. The molecule has 0 aromatic rings. The number of rotatable bonds is 14. The Bertz CT molecular complexity index is 493. The summed E-state index contributed by atoms with van der Waals surface area (Å²) >= 11 is 0. The Morgan fingerprint density at radius 3 is 2.12 bits per heavy atom. The van der Waals surface area contributed by atoms with Crippen LogP contribution in [0.15, 0.2) is 72.9 Å². The van der Waals surface area contributed by atoms with E-state index in [1.807, 2.05) is 36.5 Å². The number of carbonyl (C=O) groups is 1. The number of carboxylic acids is 1. The van der Waals surface area contributed by atoms with Gasteiger partial charge in [-0.3, -0.25) is 4.79 Å². The zero-order valence-corrected chi connectivity index (χ0v) is 15.3. The molecule has 0 saturated heterocycles. The van der Waals surface area contributed by atoms with Crippen LogP contribution in [-0.2, 0) is 4.79 Å². The molecule has 3 heteroatoms. The fraction of sp³-hybridized carbons (Fsp3) is 0.409. The molecule has 1 atom stereocenters. The van der Waals surface area contributed by atoms with Gasteiger partial charge in [0.05, 0.1) is 6.10 Å². The number of aliphatic hydroxyl groups excluding tert-OH is 1. The maximum Gasteiger partial charge on any atom is 0.303 e. The highest BCUT2D eigenvalue weighted by molar-refractivity contribution is 5.66. The number of hydrogen-bond donors (Lipinski definition) is 2. The van der Waals surface area contributed by atoms with Crippen LogP contribution in [0.3, 0.4) is 0 Å². The lowest BCUT2D eigenvalue weighted by molar-refractivity contribution is -0.136. The van der Waals surface area contributed by atoms with Crippen LogP contribution in [0.4, 0.5) is 0 Å². The summed E-state index contributed by atoms with van der Waals surface area (Å²) < 4.78 is 0. The molecule has 0 bridgehead atoms. The molecule has 2 N–H and O–H groups in total. The third-order valence-corrected chi connectivity index (χ3v) is 3.20. The van der Waals surface area contributed by atoms with Crippen molar-refractivity contribution in [2.75, 3.05) is 0 Å². The first kappa shape index (κ1) is 22.9. The summed E-state index contributed by atoms with van der Waals surface area (Å²) in [6.07, 6.45) is 28.6. The standard InChI is InChI=1S/C22H32O3/c1-2-3-4-5-12-15-18-21(23)19-16-13-10-8-6-7-9-11-14-17-20-22(24)25/h3-4,6-7,10-16,19,21,23H,2,5,8-9,17-18,20H2,1H3,(H,24,25)/b4-3-,7-6-,13-10-,14-11-,15-12-,19-16+/t21-/m0/s1. The zero-order chi connectivity index (χ0) is 18.6. The van der Waals surface area contributed by atoms with Crippen molar-refractivity contribution in [3.8, 4) is 0 Å². The minimum Gasteiger partial charge on any atom is -0.481 e. The van der Waals surface area contributed by atoms with Gasteiger partial charge in [0, 0.05) is 6.42 Å². The fourth-order valence-corrected chi connectivity index (χ4v) is 1.87. The summed E-state index contributed by atoms with van der Waals surface area (Å²) in [4.78, 5) is 10.3. The predicted octanol–water partition coefficient (Wildman–Crippen LogP) is 5.52. The van der Waals surface area contributed by atoms with Gasteiger partial charge in [0.1, 0.15) is 0 Å². The second-order valence-electron chi connectivity index (χ2n) is 5.55. The Labute approximate surface area is 152 Å². The van der Waals surface area contributed by atoms with Gasteiger partial charge in [-0.25, -0.2) is 0 Å². The van der Waals surface area contributed by atoms with E-state index < -0.39 is 12.1 Å². The molecule has 0 fully saturated rings. The Kier molecular flexibility index (Phi) is 16.7. The van der Waals surface area contributed by atoms with Gasteiger partial charge in [0.25, 0.3) is 0 Å². The number of allylic oxidation sites excluding steroid dienone is 10. The van der Waals surface area contributed by atoms with Gasteiger partial charge in [0.2, 0.25) is 0 Å². The lowest BCUT2D eigenvalue weighted by Gasteiger charge is -1.98. The van der Waals surface area contributed by atoms with Crippen LogP contribution in [0.25, 0.3) is 0 Å². The van der Waals surface area contributed by atoms with E-state index in [0.717, 1.165) is 25.7 Å². The minimum atomic E-state index is -0.761. The summed E-state index contributed by atoms with van der Waals surface area (Å²) in [5.41, 5.74) is 0. The van der Waals surface area contributed by atoms with E-state index in [-0.39, 0.29) is 6.42 Å². The summed E-state index contributed by atoms with van der Waals surface area (Å²) in [6, 6.07) is 0. The Morgan fingerprint density at radius 1 is 0.840 bits per heavy atom. The van der Waals surface area contributed by atoms with E-state index in [4.69, 9.17) is 5.11 Å². The quantitative estimate of drug-likeness (QED) is 0.322. The van der Waals surface area contributed by atoms with Crippen LogP contribution in [0.5, 0.6) is 0 Å². The molecule has 0 aromatic heterocycles. The Morgan fingerprint density at radius 2 is 1.44 bits per heavy atom. The highest BCUT2D eigenvalue weighted by atomic mass is 16.4. The van der Waals surface area contributed by atoms with Gasteiger partial charge >= 0.3 is 5.97 Å². The molecule has 25 heavy (non-hydrogen) atoms. The summed E-state index contributed by atoms with van der Waals surface area (Å²) in [5.74, 6) is -0.761. The molecule has 0 aliphatic rings. The van der Waals surface area contributed by atoms with E-state index in [1.165, 1.54) is 0 Å². The van der Waals surface area contributed by atoms with Crippen LogP contribution in [0.1, 0.15) is 51.9 Å². The van der Waals surface area contributed by atoms with E-state index in [0.29, 0.717) is 12.8 Å². The zero-order valence-electron chi connectivity index (χ0n) is 15.3. The number of carboxylic acid groups (broad SMARTS) is 1. The fourth-order valence-electron chi connectivity index (χ4n) is 1.87. The van der Waals surface area contributed by atoms with E-state index in [9.17, 15) is 9.90 Å². The Hall–Kier alpha value is -2.13. The van der Waals surface area contributed by atoms with Gasteiger partial charge in [-0.05, 0) is 38.5 Å². The first-order chi connectivity index (χ1) is 12.2. The van der Waals surface area contributed by atoms with Crippen molar-refractivity contribution in [1.29, 1.82) is 0 Å². The van der Waals surface area contributed by atoms with Crippen molar-refractivity contribution in [3.05, 3.63) is 72.9 Å². The molecule has 0 spiro atoms. The third-order valence-electron chi connectivity index (χ3n) is 3.20. The molecular formula is C22H32O3. The van der Waals surface area contributed by atoms with Crippen LogP contribution in [-0.4, -0.2) is 22.3 Å². The molecule has 138 valence electrons. The first-order valence-electron chi connectivity index (χ1n) is 9.00. The van der Waals surface area contributed by atoms with Crippen molar-refractivity contribution in [1.82, 2.24) is 0 Å². The molecular weight excluding hydrogens is 312 g/mol. The van der Waals surface area contributed by atoms with Gasteiger partial charge in [-0.2, -0.15) is 0 Å². The van der Waals surface area contributed by atoms with Gasteiger partial charge in [0.15, 0.2) is 0 Å². The molecule has 0 unspecified atom stereocenters. The molecule has 3 nitrogen and oxygen atoms in total. The van der Waals surface area contributed by atoms with Crippen LogP contribution in [0, 0.1) is 0 Å². The van der Waals surface area contributed by atoms with Crippen molar-refractivity contribution in [2.24, 2.45) is 0 Å². The monoisotopic (exact) mass is 344 g/mol.